The topological polar surface area (TPSA) is 89.4 Å². The predicted molar refractivity (Wildman–Crippen MR) is 113 cm³/mol. The molecule has 1 aliphatic heterocycles. The van der Waals surface area contributed by atoms with E-state index in [4.69, 9.17) is 4.74 Å². The SMILES string of the molecule is COc1cccc(CC(=O)N2CCCC[C@H]2CCn2cc(C(=O)NC(C)C)nn2)c1. The van der Waals surface area contributed by atoms with Gasteiger partial charge in [-0.15, -0.1) is 5.10 Å². The number of nitrogens with zero attached hydrogens (tertiary/aromatic N) is 4. The van der Waals surface area contributed by atoms with Crippen LogP contribution in [-0.2, 0) is 17.8 Å². The van der Waals surface area contributed by atoms with Crippen LogP contribution in [-0.4, -0.2) is 57.4 Å². The summed E-state index contributed by atoms with van der Waals surface area (Å²) >= 11 is 0. The Morgan fingerprint density at radius 3 is 2.90 bits per heavy atom. The maximum atomic E-state index is 13.0. The first kappa shape index (κ1) is 21.8. The molecule has 1 aliphatic rings. The number of hydrogen-bond acceptors (Lipinski definition) is 5. The van der Waals surface area contributed by atoms with Gasteiger partial charge in [0.05, 0.1) is 19.7 Å². The van der Waals surface area contributed by atoms with Gasteiger partial charge in [-0.1, -0.05) is 17.3 Å². The molecule has 2 aromatic rings. The number of benzene rings is 1. The lowest BCUT2D eigenvalue weighted by atomic mass is 9.98. The van der Waals surface area contributed by atoms with E-state index < -0.39 is 0 Å². The Morgan fingerprint density at radius 2 is 2.13 bits per heavy atom. The highest BCUT2D eigenvalue weighted by Gasteiger charge is 2.26. The number of aryl methyl sites for hydroxylation is 1. The molecule has 8 heteroatoms. The molecule has 0 unspecified atom stereocenters. The van der Waals surface area contributed by atoms with Crippen LogP contribution < -0.4 is 10.1 Å². The first-order valence-corrected chi connectivity index (χ1v) is 10.6. The van der Waals surface area contributed by atoms with Gasteiger partial charge in [0.1, 0.15) is 5.75 Å². The van der Waals surface area contributed by atoms with Crippen molar-refractivity contribution in [2.75, 3.05) is 13.7 Å². The number of methoxy groups -OCH3 is 1. The second kappa shape index (κ2) is 10.2. The number of ether oxygens (including phenoxy) is 1. The van der Waals surface area contributed by atoms with E-state index in [9.17, 15) is 9.59 Å². The van der Waals surface area contributed by atoms with Gasteiger partial charge in [0.2, 0.25) is 5.91 Å². The van der Waals surface area contributed by atoms with Gasteiger partial charge in [-0.2, -0.15) is 0 Å². The zero-order valence-electron chi connectivity index (χ0n) is 18.0. The molecule has 0 radical (unpaired) electrons. The van der Waals surface area contributed by atoms with E-state index in [2.05, 4.69) is 15.6 Å². The van der Waals surface area contributed by atoms with Crippen LogP contribution in [0.15, 0.2) is 30.5 Å². The lowest BCUT2D eigenvalue weighted by molar-refractivity contribution is -0.134. The molecule has 1 N–H and O–H groups in total. The number of aromatic nitrogens is 3. The van der Waals surface area contributed by atoms with E-state index in [1.54, 1.807) is 18.0 Å². The van der Waals surface area contributed by atoms with Crippen LogP contribution in [0.1, 0.15) is 55.6 Å². The second-order valence-electron chi connectivity index (χ2n) is 8.05. The van der Waals surface area contributed by atoms with E-state index in [0.717, 1.165) is 43.5 Å². The summed E-state index contributed by atoms with van der Waals surface area (Å²) in [5.41, 5.74) is 1.28. The Kier molecular flexibility index (Phi) is 7.43. The maximum absolute atomic E-state index is 13.0. The van der Waals surface area contributed by atoms with Crippen molar-refractivity contribution in [3.63, 3.8) is 0 Å². The van der Waals surface area contributed by atoms with E-state index in [-0.39, 0.29) is 23.9 Å². The van der Waals surface area contributed by atoms with Crippen LogP contribution in [0.3, 0.4) is 0 Å². The van der Waals surface area contributed by atoms with Crippen molar-refractivity contribution in [1.82, 2.24) is 25.2 Å². The first-order valence-electron chi connectivity index (χ1n) is 10.6. The van der Waals surface area contributed by atoms with Crippen LogP contribution in [0.25, 0.3) is 0 Å². The molecular weight excluding hydrogens is 382 g/mol. The number of carbonyl (C=O) groups is 2. The Labute approximate surface area is 177 Å². The van der Waals surface area contributed by atoms with E-state index >= 15 is 0 Å². The minimum atomic E-state index is -0.219. The van der Waals surface area contributed by atoms with Gasteiger partial charge < -0.3 is 15.0 Å². The fourth-order valence-electron chi connectivity index (χ4n) is 3.82. The van der Waals surface area contributed by atoms with Gasteiger partial charge in [0.15, 0.2) is 5.69 Å². The molecule has 8 nitrogen and oxygen atoms in total. The third-order valence-electron chi connectivity index (χ3n) is 5.32. The minimum Gasteiger partial charge on any atom is -0.497 e. The number of nitrogens with one attached hydrogen (secondary N) is 1. The number of amides is 2. The normalized spacial score (nSPS) is 16.5. The summed E-state index contributed by atoms with van der Waals surface area (Å²) in [7, 11) is 1.63. The average Bonchev–Trinajstić information content (AvgIpc) is 3.21. The van der Waals surface area contributed by atoms with Crippen LogP contribution >= 0.6 is 0 Å². The molecule has 30 heavy (non-hydrogen) atoms. The molecule has 1 aromatic heterocycles. The van der Waals surface area contributed by atoms with Gasteiger partial charge in [-0.3, -0.25) is 14.3 Å². The number of hydrogen-bond donors (Lipinski definition) is 1. The minimum absolute atomic E-state index is 0.0500. The summed E-state index contributed by atoms with van der Waals surface area (Å²) in [5.74, 6) is 0.687. The predicted octanol–water partition coefficient (Wildman–Crippen LogP) is 2.44. The van der Waals surface area contributed by atoms with Crippen molar-refractivity contribution in [3.05, 3.63) is 41.7 Å². The smallest absolute Gasteiger partial charge is 0.273 e. The first-order chi connectivity index (χ1) is 14.5. The van der Waals surface area contributed by atoms with Crippen LogP contribution in [0, 0.1) is 0 Å². The Balaban J connectivity index is 1.58. The molecular formula is C22H31N5O3. The Hall–Kier alpha value is -2.90. The average molecular weight is 414 g/mol. The van der Waals surface area contributed by atoms with Gasteiger partial charge in [-0.25, -0.2) is 0 Å². The third-order valence-corrected chi connectivity index (χ3v) is 5.32. The number of piperidine rings is 1. The molecule has 0 bridgehead atoms. The highest BCUT2D eigenvalue weighted by atomic mass is 16.5. The van der Waals surface area contributed by atoms with Crippen molar-refractivity contribution in [2.24, 2.45) is 0 Å². The van der Waals surface area contributed by atoms with Gasteiger partial charge in [-0.05, 0) is 57.2 Å². The van der Waals surface area contributed by atoms with Crippen molar-refractivity contribution >= 4 is 11.8 Å². The summed E-state index contributed by atoms with van der Waals surface area (Å²) in [6.07, 6.45) is 5.97. The van der Waals surface area contributed by atoms with E-state index in [1.807, 2.05) is 43.0 Å². The lowest BCUT2D eigenvalue weighted by Crippen LogP contribution is -2.44. The molecule has 1 atom stereocenters. The van der Waals surface area contributed by atoms with Gasteiger partial charge in [0, 0.05) is 25.2 Å². The highest BCUT2D eigenvalue weighted by molar-refractivity contribution is 5.91. The van der Waals surface area contributed by atoms with Crippen molar-refractivity contribution in [2.45, 2.75) is 64.6 Å². The van der Waals surface area contributed by atoms with Crippen LogP contribution in [0.2, 0.25) is 0 Å². The molecule has 162 valence electrons. The van der Waals surface area contributed by atoms with Crippen LogP contribution in [0.5, 0.6) is 5.75 Å². The molecule has 1 saturated heterocycles. The van der Waals surface area contributed by atoms with E-state index in [0.29, 0.717) is 18.7 Å². The highest BCUT2D eigenvalue weighted by Crippen LogP contribution is 2.22. The molecule has 2 heterocycles. The molecule has 0 aliphatic carbocycles. The summed E-state index contributed by atoms with van der Waals surface area (Å²) in [6.45, 7) is 5.22. The molecule has 1 aromatic carbocycles. The fraction of sp³-hybridized carbons (Fsp3) is 0.545. The van der Waals surface area contributed by atoms with Crippen molar-refractivity contribution in [3.8, 4) is 5.75 Å². The van der Waals surface area contributed by atoms with Crippen molar-refractivity contribution < 1.29 is 14.3 Å². The lowest BCUT2D eigenvalue weighted by Gasteiger charge is -2.36. The third kappa shape index (κ3) is 5.81. The van der Waals surface area contributed by atoms with Gasteiger partial charge in [0.25, 0.3) is 5.91 Å². The second-order valence-corrected chi connectivity index (χ2v) is 8.05. The largest absolute Gasteiger partial charge is 0.497 e. The van der Waals surface area contributed by atoms with E-state index in [1.165, 1.54) is 0 Å². The zero-order valence-corrected chi connectivity index (χ0v) is 18.0. The van der Waals surface area contributed by atoms with Gasteiger partial charge >= 0.3 is 0 Å². The fourth-order valence-corrected chi connectivity index (χ4v) is 3.82. The Bertz CT molecular complexity index is 864. The summed E-state index contributed by atoms with van der Waals surface area (Å²) in [4.78, 5) is 27.0. The molecule has 3 rings (SSSR count). The maximum Gasteiger partial charge on any atom is 0.273 e. The van der Waals surface area contributed by atoms with Crippen molar-refractivity contribution in [1.29, 1.82) is 0 Å². The summed E-state index contributed by atoms with van der Waals surface area (Å²) < 4.78 is 6.95. The Morgan fingerprint density at radius 1 is 1.30 bits per heavy atom. The summed E-state index contributed by atoms with van der Waals surface area (Å²) in [6, 6.07) is 7.88. The quantitative estimate of drug-likeness (QED) is 0.718. The zero-order chi connectivity index (χ0) is 21.5. The number of likely N-dealkylation sites (tertiary alicyclic amines) is 1. The number of carbonyl (C=O) groups excluding carboxylic acids is 2. The standard InChI is InChI=1S/C22H31N5O3/c1-16(2)23-22(29)20-15-26(25-24-20)12-10-18-8-4-5-11-27(18)21(28)14-17-7-6-9-19(13-17)30-3/h6-7,9,13,15-16,18H,4-5,8,10-12,14H2,1-3H3,(H,23,29)/t18-/m0/s1. The molecule has 0 spiro atoms. The van der Waals surface area contributed by atoms with Crippen LogP contribution in [0.4, 0.5) is 0 Å². The molecule has 1 fully saturated rings. The monoisotopic (exact) mass is 413 g/mol. The molecule has 0 saturated carbocycles. The summed E-state index contributed by atoms with van der Waals surface area (Å²) in [5, 5.41) is 10.9. The number of rotatable bonds is 8. The molecule has 2 amide bonds.